The van der Waals surface area contributed by atoms with Gasteiger partial charge in [0.2, 0.25) is 0 Å². The van der Waals surface area contributed by atoms with E-state index in [0.29, 0.717) is 12.0 Å². The van der Waals surface area contributed by atoms with Crippen LogP contribution in [-0.4, -0.2) is 32.8 Å². The summed E-state index contributed by atoms with van der Waals surface area (Å²) in [6, 6.07) is 7.72. The van der Waals surface area contributed by atoms with Crippen LogP contribution in [0.25, 0.3) is 5.69 Å². The molecule has 0 saturated carbocycles. The molecule has 6 heteroatoms. The molecular formula is C14H15N3O3. The molecule has 0 bridgehead atoms. The number of aromatic nitrogens is 2. The Kier molecular flexibility index (Phi) is 4.14. The second-order valence-corrected chi connectivity index (χ2v) is 4.27. The van der Waals surface area contributed by atoms with Crippen molar-refractivity contribution < 1.29 is 14.7 Å². The predicted octanol–water partition coefficient (Wildman–Crippen LogP) is 1.47. The maximum Gasteiger partial charge on any atom is 0.326 e. The highest BCUT2D eigenvalue weighted by molar-refractivity contribution is 5.96. The van der Waals surface area contributed by atoms with Crippen LogP contribution in [0.5, 0.6) is 0 Å². The molecule has 2 aromatic rings. The van der Waals surface area contributed by atoms with Crippen molar-refractivity contribution in [2.75, 3.05) is 0 Å². The molecule has 0 unspecified atom stereocenters. The van der Waals surface area contributed by atoms with Gasteiger partial charge in [0, 0.05) is 18.0 Å². The molecule has 6 nitrogen and oxygen atoms in total. The maximum absolute atomic E-state index is 11.9. The van der Waals surface area contributed by atoms with Gasteiger partial charge >= 0.3 is 5.97 Å². The van der Waals surface area contributed by atoms with E-state index in [9.17, 15) is 9.59 Å². The number of nitrogens with one attached hydrogen (secondary N) is 1. The first-order valence-corrected chi connectivity index (χ1v) is 6.25. The zero-order valence-electron chi connectivity index (χ0n) is 11.0. The summed E-state index contributed by atoms with van der Waals surface area (Å²) in [4.78, 5) is 22.8. The summed E-state index contributed by atoms with van der Waals surface area (Å²) in [6.07, 6.45) is 3.80. The van der Waals surface area contributed by atoms with Gasteiger partial charge in [-0.3, -0.25) is 4.79 Å². The molecule has 1 amide bonds. The Morgan fingerprint density at radius 3 is 2.55 bits per heavy atom. The van der Waals surface area contributed by atoms with E-state index in [1.54, 1.807) is 54.3 Å². The minimum atomic E-state index is -1.03. The van der Waals surface area contributed by atoms with Gasteiger partial charge in [0.15, 0.2) is 0 Å². The van der Waals surface area contributed by atoms with Crippen LogP contribution in [0.2, 0.25) is 0 Å². The summed E-state index contributed by atoms with van der Waals surface area (Å²) in [7, 11) is 0. The van der Waals surface area contributed by atoms with Gasteiger partial charge in [-0.25, -0.2) is 9.48 Å². The van der Waals surface area contributed by atoms with Gasteiger partial charge in [-0.05, 0) is 36.8 Å². The van der Waals surface area contributed by atoms with E-state index in [-0.39, 0.29) is 0 Å². The van der Waals surface area contributed by atoms with Crippen molar-refractivity contribution in [1.29, 1.82) is 0 Å². The van der Waals surface area contributed by atoms with E-state index in [2.05, 4.69) is 10.4 Å². The Balaban J connectivity index is 2.10. The van der Waals surface area contributed by atoms with E-state index < -0.39 is 17.9 Å². The number of carbonyl (C=O) groups excluding carboxylic acids is 1. The Hall–Kier alpha value is -2.63. The number of benzene rings is 1. The zero-order valence-corrected chi connectivity index (χ0v) is 11.0. The summed E-state index contributed by atoms with van der Waals surface area (Å²) in [5, 5.41) is 15.5. The van der Waals surface area contributed by atoms with Gasteiger partial charge in [0.05, 0.1) is 5.69 Å². The highest BCUT2D eigenvalue weighted by atomic mass is 16.4. The van der Waals surface area contributed by atoms with Crippen LogP contribution in [0.3, 0.4) is 0 Å². The smallest absolute Gasteiger partial charge is 0.326 e. The summed E-state index contributed by atoms with van der Waals surface area (Å²) in [5.74, 6) is -1.43. The summed E-state index contributed by atoms with van der Waals surface area (Å²) < 4.78 is 1.67. The summed E-state index contributed by atoms with van der Waals surface area (Å²) in [6.45, 7) is 1.71. The third-order valence-electron chi connectivity index (χ3n) is 2.91. The maximum atomic E-state index is 11.9. The molecule has 0 aliphatic rings. The lowest BCUT2D eigenvalue weighted by atomic mass is 10.1. The lowest BCUT2D eigenvalue weighted by Crippen LogP contribution is -2.40. The molecule has 0 spiro atoms. The second-order valence-electron chi connectivity index (χ2n) is 4.27. The highest BCUT2D eigenvalue weighted by Crippen LogP contribution is 2.09. The lowest BCUT2D eigenvalue weighted by molar-refractivity contribution is -0.139. The molecule has 20 heavy (non-hydrogen) atoms. The molecule has 104 valence electrons. The number of aliphatic carboxylic acids is 1. The van der Waals surface area contributed by atoms with Crippen molar-refractivity contribution in [3.8, 4) is 5.69 Å². The standard InChI is InChI=1S/C14H15N3O3/c1-2-12(14(19)20)16-13(18)10-4-6-11(7-5-10)17-9-3-8-15-17/h3-9,12H,2H2,1H3,(H,16,18)(H,19,20)/t12-/m0/s1. The molecule has 0 aliphatic carbocycles. The molecule has 1 heterocycles. The van der Waals surface area contributed by atoms with E-state index >= 15 is 0 Å². The van der Waals surface area contributed by atoms with E-state index in [4.69, 9.17) is 5.11 Å². The number of hydrogen-bond donors (Lipinski definition) is 2. The first kappa shape index (κ1) is 13.8. The van der Waals surface area contributed by atoms with Crippen LogP contribution in [0.1, 0.15) is 23.7 Å². The molecule has 0 fully saturated rings. The first-order chi connectivity index (χ1) is 9.61. The Labute approximate surface area is 116 Å². The Morgan fingerprint density at radius 2 is 2.05 bits per heavy atom. The molecule has 0 aliphatic heterocycles. The predicted molar refractivity (Wildman–Crippen MR) is 72.7 cm³/mol. The third kappa shape index (κ3) is 3.03. The van der Waals surface area contributed by atoms with Crippen molar-refractivity contribution >= 4 is 11.9 Å². The third-order valence-corrected chi connectivity index (χ3v) is 2.91. The van der Waals surface area contributed by atoms with Crippen molar-refractivity contribution in [2.24, 2.45) is 0 Å². The summed E-state index contributed by atoms with van der Waals surface area (Å²) in [5.41, 5.74) is 1.25. The number of amides is 1. The number of rotatable bonds is 5. The SMILES string of the molecule is CC[C@H](NC(=O)c1ccc(-n2cccn2)cc1)C(=O)O. The Morgan fingerprint density at radius 1 is 1.35 bits per heavy atom. The van der Waals surface area contributed by atoms with Gasteiger partial charge < -0.3 is 10.4 Å². The van der Waals surface area contributed by atoms with Gasteiger partial charge in [0.1, 0.15) is 6.04 Å². The van der Waals surface area contributed by atoms with Gasteiger partial charge in [-0.15, -0.1) is 0 Å². The van der Waals surface area contributed by atoms with E-state index in [1.807, 2.05) is 0 Å². The van der Waals surface area contributed by atoms with Crippen LogP contribution in [-0.2, 0) is 4.79 Å². The number of nitrogens with zero attached hydrogens (tertiary/aromatic N) is 2. The fourth-order valence-corrected chi connectivity index (χ4v) is 1.77. The molecule has 1 aromatic heterocycles. The van der Waals surface area contributed by atoms with Crippen LogP contribution >= 0.6 is 0 Å². The lowest BCUT2D eigenvalue weighted by Gasteiger charge is -2.12. The van der Waals surface area contributed by atoms with Gasteiger partial charge in [-0.1, -0.05) is 6.92 Å². The molecule has 2 rings (SSSR count). The minimum absolute atomic E-state index is 0.340. The van der Waals surface area contributed by atoms with E-state index in [0.717, 1.165) is 5.69 Å². The number of carboxylic acids is 1. The van der Waals surface area contributed by atoms with Crippen molar-refractivity contribution in [1.82, 2.24) is 15.1 Å². The first-order valence-electron chi connectivity index (χ1n) is 6.25. The molecule has 1 aromatic carbocycles. The van der Waals surface area contributed by atoms with Crippen LogP contribution in [0.15, 0.2) is 42.7 Å². The number of hydrogen-bond acceptors (Lipinski definition) is 3. The molecule has 2 N–H and O–H groups in total. The molecule has 0 radical (unpaired) electrons. The quantitative estimate of drug-likeness (QED) is 0.864. The van der Waals surface area contributed by atoms with Crippen LogP contribution in [0.4, 0.5) is 0 Å². The highest BCUT2D eigenvalue weighted by Gasteiger charge is 2.18. The average Bonchev–Trinajstić information content (AvgIpc) is 2.98. The normalized spacial score (nSPS) is 11.8. The number of carbonyl (C=O) groups is 2. The van der Waals surface area contributed by atoms with E-state index in [1.165, 1.54) is 0 Å². The molecular weight excluding hydrogens is 258 g/mol. The van der Waals surface area contributed by atoms with Crippen LogP contribution in [0, 0.1) is 0 Å². The van der Waals surface area contributed by atoms with Crippen molar-refractivity contribution in [3.63, 3.8) is 0 Å². The van der Waals surface area contributed by atoms with Gasteiger partial charge in [-0.2, -0.15) is 5.10 Å². The van der Waals surface area contributed by atoms with Crippen molar-refractivity contribution in [3.05, 3.63) is 48.3 Å². The van der Waals surface area contributed by atoms with Gasteiger partial charge in [0.25, 0.3) is 5.91 Å². The number of carboxylic acid groups (broad SMARTS) is 1. The molecule has 0 saturated heterocycles. The van der Waals surface area contributed by atoms with Crippen LogP contribution < -0.4 is 5.32 Å². The fourth-order valence-electron chi connectivity index (χ4n) is 1.77. The minimum Gasteiger partial charge on any atom is -0.480 e. The monoisotopic (exact) mass is 273 g/mol. The largest absolute Gasteiger partial charge is 0.480 e. The fraction of sp³-hybridized carbons (Fsp3) is 0.214. The van der Waals surface area contributed by atoms with Crippen molar-refractivity contribution in [2.45, 2.75) is 19.4 Å². The zero-order chi connectivity index (χ0) is 14.5. The molecule has 1 atom stereocenters. The average molecular weight is 273 g/mol. The summed E-state index contributed by atoms with van der Waals surface area (Å²) >= 11 is 0. The second kappa shape index (κ2) is 6.01. The Bertz CT molecular complexity index is 591. The topological polar surface area (TPSA) is 84.2 Å².